The number of allylic oxidation sites excluding steroid dienone is 1. The van der Waals surface area contributed by atoms with Crippen molar-refractivity contribution >= 4 is 28.6 Å². The molecule has 2 heterocycles. The average Bonchev–Trinajstić information content (AvgIpc) is 2.87. The van der Waals surface area contributed by atoms with E-state index in [1.54, 1.807) is 6.08 Å². The second-order valence-corrected chi connectivity index (χ2v) is 10.3. The first-order valence-electron chi connectivity index (χ1n) is 12.4. The molecule has 6 heteroatoms. The Balaban J connectivity index is 0.000000236. The zero-order valence-corrected chi connectivity index (χ0v) is 22.5. The number of hydrogen-bond acceptors (Lipinski definition) is 4. The summed E-state index contributed by atoms with van der Waals surface area (Å²) >= 11 is 6.43. The van der Waals surface area contributed by atoms with Gasteiger partial charge in [-0.1, -0.05) is 67.2 Å². The maximum atomic E-state index is 11.9. The third-order valence-electron chi connectivity index (χ3n) is 6.49. The molecule has 0 spiro atoms. The fourth-order valence-electron chi connectivity index (χ4n) is 4.10. The van der Waals surface area contributed by atoms with Crippen LogP contribution < -0.4 is 5.73 Å². The summed E-state index contributed by atoms with van der Waals surface area (Å²) in [7, 11) is 2.13. The third kappa shape index (κ3) is 7.39. The number of halogens is 2. The van der Waals surface area contributed by atoms with Gasteiger partial charge in [0.25, 0.3) is 0 Å². The Hall–Kier alpha value is -2.73. The molecule has 36 heavy (non-hydrogen) atoms. The number of hydrogen-bond donors (Lipinski definition) is 1. The van der Waals surface area contributed by atoms with Gasteiger partial charge in [-0.2, -0.15) is 0 Å². The number of aromatic nitrogens is 1. The summed E-state index contributed by atoms with van der Waals surface area (Å²) in [6.07, 6.45) is 3.23. The van der Waals surface area contributed by atoms with Crippen molar-refractivity contribution in [3.05, 3.63) is 83.5 Å². The summed E-state index contributed by atoms with van der Waals surface area (Å²) in [5, 5.41) is 1.64. The van der Waals surface area contributed by atoms with Gasteiger partial charge in [0.2, 0.25) is 0 Å². The Labute approximate surface area is 220 Å². The van der Waals surface area contributed by atoms with Crippen molar-refractivity contribution in [2.45, 2.75) is 32.2 Å². The third-order valence-corrected chi connectivity index (χ3v) is 6.81. The molecule has 1 aliphatic heterocycles. The van der Waals surface area contributed by atoms with Gasteiger partial charge >= 0.3 is 0 Å². The highest BCUT2D eigenvalue weighted by molar-refractivity contribution is 6.35. The molecule has 0 radical (unpaired) electrons. The minimum atomic E-state index is -0.355. The van der Waals surface area contributed by atoms with E-state index in [1.807, 2.05) is 62.4 Å². The van der Waals surface area contributed by atoms with E-state index in [4.69, 9.17) is 22.3 Å². The first-order valence-corrected chi connectivity index (χ1v) is 12.8. The maximum absolute atomic E-state index is 11.9. The minimum absolute atomic E-state index is 0.229. The molecule has 1 fully saturated rings. The van der Waals surface area contributed by atoms with E-state index in [0.717, 1.165) is 71.6 Å². The number of piperazine rings is 1. The fourth-order valence-corrected chi connectivity index (χ4v) is 4.36. The lowest BCUT2D eigenvalue weighted by Gasteiger charge is -2.35. The Morgan fingerprint density at radius 1 is 1.11 bits per heavy atom. The number of pyridine rings is 1. The van der Waals surface area contributed by atoms with Crippen molar-refractivity contribution in [3.8, 4) is 11.3 Å². The molecule has 1 saturated heterocycles. The second kappa shape index (κ2) is 12.5. The van der Waals surface area contributed by atoms with Gasteiger partial charge < -0.3 is 15.5 Å². The van der Waals surface area contributed by atoms with Crippen LogP contribution in [0.25, 0.3) is 28.2 Å². The molecule has 3 aromatic rings. The fraction of sp³-hybridized carbons (Fsp3) is 0.367. The van der Waals surface area contributed by atoms with Gasteiger partial charge in [0.15, 0.2) is 0 Å². The molecule has 0 aliphatic carbocycles. The smallest absolute Gasteiger partial charge is 0.0898 e. The number of likely N-dealkylation sites (N-methyl/N-ethyl adjacent to an activating group) is 1. The zero-order chi connectivity index (χ0) is 26.3. The van der Waals surface area contributed by atoms with Crippen LogP contribution in [0.2, 0.25) is 5.02 Å². The van der Waals surface area contributed by atoms with E-state index in [0.29, 0.717) is 11.4 Å². The highest BCUT2D eigenvalue weighted by Crippen LogP contribution is 2.30. The van der Waals surface area contributed by atoms with Crippen LogP contribution in [0.4, 0.5) is 4.39 Å². The molecular formula is C30H38ClFN4. The van der Waals surface area contributed by atoms with Gasteiger partial charge in [-0.3, -0.25) is 4.39 Å². The molecule has 0 unspecified atom stereocenters. The summed E-state index contributed by atoms with van der Waals surface area (Å²) < 4.78 is 11.9. The van der Waals surface area contributed by atoms with Crippen molar-refractivity contribution in [1.82, 2.24) is 14.8 Å². The largest absolute Gasteiger partial charge is 0.373 e. The molecule has 1 aliphatic rings. The Morgan fingerprint density at radius 3 is 2.36 bits per heavy atom. The van der Waals surface area contributed by atoms with Crippen molar-refractivity contribution in [2.24, 2.45) is 5.73 Å². The van der Waals surface area contributed by atoms with Crippen LogP contribution in [0.5, 0.6) is 0 Å². The second-order valence-electron chi connectivity index (χ2n) is 9.92. The molecule has 192 valence electrons. The van der Waals surface area contributed by atoms with Crippen LogP contribution in [0.3, 0.4) is 0 Å². The molecule has 4 nitrogen and oxygen atoms in total. The van der Waals surface area contributed by atoms with Crippen LogP contribution >= 0.6 is 11.6 Å². The molecule has 0 bridgehead atoms. The standard InChI is InChI=1S/C20H19ClN2.C10H19FN2/c1-4-13-5-10-16-17(21)12-18(23-19(16)11-13)14-6-8-15(9-7-14)20(2,3)22;1-10(4-3-5-11)13-8-6-12(2)7-9-13/h4-12H,1,22H2,2-3H3;1,3-9H2,2H3. The van der Waals surface area contributed by atoms with Gasteiger partial charge in [0, 0.05) is 48.4 Å². The van der Waals surface area contributed by atoms with Crippen molar-refractivity contribution in [3.63, 3.8) is 0 Å². The zero-order valence-electron chi connectivity index (χ0n) is 21.7. The predicted octanol–water partition coefficient (Wildman–Crippen LogP) is 6.89. The molecule has 2 N–H and O–H groups in total. The maximum Gasteiger partial charge on any atom is 0.0898 e. The van der Waals surface area contributed by atoms with Gasteiger partial charge in [0.05, 0.1) is 22.9 Å². The number of fused-ring (bicyclic) bond motifs is 1. The van der Waals surface area contributed by atoms with E-state index in [-0.39, 0.29) is 12.2 Å². The lowest BCUT2D eigenvalue weighted by Crippen LogP contribution is -2.43. The molecular weight excluding hydrogens is 471 g/mol. The van der Waals surface area contributed by atoms with Crippen LogP contribution in [0.1, 0.15) is 37.8 Å². The number of nitrogens with zero attached hydrogens (tertiary/aromatic N) is 3. The number of nitrogens with two attached hydrogens (primary N) is 1. The molecule has 1 aromatic heterocycles. The monoisotopic (exact) mass is 508 g/mol. The molecule has 0 amide bonds. The van der Waals surface area contributed by atoms with E-state index in [2.05, 4.69) is 30.0 Å². The average molecular weight is 509 g/mol. The molecule has 4 rings (SSSR count). The number of alkyl halides is 1. The summed E-state index contributed by atoms with van der Waals surface area (Å²) in [5.74, 6) is 0. The minimum Gasteiger partial charge on any atom is -0.373 e. The molecule has 2 aromatic carbocycles. The summed E-state index contributed by atoms with van der Waals surface area (Å²) in [5.41, 5.74) is 11.7. The van der Waals surface area contributed by atoms with Crippen LogP contribution in [0.15, 0.2) is 67.4 Å². The quantitative estimate of drug-likeness (QED) is 0.377. The highest BCUT2D eigenvalue weighted by atomic mass is 35.5. The van der Waals surface area contributed by atoms with Crippen LogP contribution in [-0.2, 0) is 5.54 Å². The Bertz CT molecular complexity index is 1180. The number of rotatable bonds is 7. The lowest BCUT2D eigenvalue weighted by atomic mass is 9.94. The van der Waals surface area contributed by atoms with Crippen molar-refractivity contribution in [2.75, 3.05) is 39.9 Å². The first kappa shape index (κ1) is 27.9. The van der Waals surface area contributed by atoms with Gasteiger partial charge in [-0.25, -0.2) is 4.98 Å². The SMILES string of the molecule is C=C(CCCF)N1CCN(C)CC1.C=Cc1ccc2c(Cl)cc(-c3ccc(C(C)(C)N)cc3)nc2c1. The number of benzene rings is 2. The van der Waals surface area contributed by atoms with E-state index < -0.39 is 0 Å². The normalized spacial score (nSPS) is 14.3. The van der Waals surface area contributed by atoms with Crippen molar-refractivity contribution in [1.29, 1.82) is 0 Å². The summed E-state index contributed by atoms with van der Waals surface area (Å²) in [6, 6.07) is 16.0. The molecule has 0 saturated carbocycles. The molecule has 0 atom stereocenters. The van der Waals surface area contributed by atoms with Gasteiger partial charge in [-0.05, 0) is 57.0 Å². The van der Waals surface area contributed by atoms with E-state index >= 15 is 0 Å². The van der Waals surface area contributed by atoms with Crippen molar-refractivity contribution < 1.29 is 4.39 Å². The summed E-state index contributed by atoms with van der Waals surface area (Å²) in [4.78, 5) is 9.32. The summed E-state index contributed by atoms with van der Waals surface area (Å²) in [6.45, 7) is 15.8. The van der Waals surface area contributed by atoms with Crippen LogP contribution in [-0.4, -0.2) is 54.7 Å². The predicted molar refractivity (Wildman–Crippen MR) is 153 cm³/mol. The van der Waals surface area contributed by atoms with Crippen LogP contribution in [0, 0.1) is 0 Å². The van der Waals surface area contributed by atoms with E-state index in [9.17, 15) is 4.39 Å². The highest BCUT2D eigenvalue weighted by Gasteiger charge is 2.15. The van der Waals surface area contributed by atoms with E-state index in [1.165, 1.54) is 0 Å². The van der Waals surface area contributed by atoms with Gasteiger partial charge in [0.1, 0.15) is 0 Å². The lowest BCUT2D eigenvalue weighted by molar-refractivity contribution is 0.182. The Kier molecular flexibility index (Phi) is 9.66. The Morgan fingerprint density at radius 2 is 1.78 bits per heavy atom. The topological polar surface area (TPSA) is 45.4 Å². The van der Waals surface area contributed by atoms with Gasteiger partial charge in [-0.15, -0.1) is 0 Å². The first-order chi connectivity index (χ1) is 17.1.